The Balaban J connectivity index is 2.91. The molecule has 0 saturated carbocycles. The number of sulfonamides is 1. The summed E-state index contributed by atoms with van der Waals surface area (Å²) in [5.41, 5.74) is 7.18. The molecule has 0 aromatic heterocycles. The van der Waals surface area contributed by atoms with Gasteiger partial charge in [0.15, 0.2) is 0 Å². The summed E-state index contributed by atoms with van der Waals surface area (Å²) in [6, 6.07) is 7.27. The van der Waals surface area contributed by atoms with Gasteiger partial charge in [0, 0.05) is 13.1 Å². The summed E-state index contributed by atoms with van der Waals surface area (Å²) in [4.78, 5) is 0. The molecule has 0 atom stereocenters. The van der Waals surface area contributed by atoms with E-state index in [1.165, 1.54) is 4.31 Å². The van der Waals surface area contributed by atoms with E-state index in [9.17, 15) is 8.42 Å². The first-order chi connectivity index (χ1) is 8.53. The van der Waals surface area contributed by atoms with Gasteiger partial charge < -0.3 is 5.73 Å². The van der Waals surface area contributed by atoms with Crippen LogP contribution in [0.4, 0.5) is 0 Å². The summed E-state index contributed by atoms with van der Waals surface area (Å²) in [5.74, 6) is 2.31. The summed E-state index contributed by atoms with van der Waals surface area (Å²) in [7, 11) is -3.36. The first kappa shape index (κ1) is 14.7. The van der Waals surface area contributed by atoms with Crippen molar-refractivity contribution >= 4 is 10.0 Å². The van der Waals surface area contributed by atoms with E-state index in [4.69, 9.17) is 12.2 Å². The third-order valence-corrected chi connectivity index (χ3v) is 4.46. The second-order valence-corrected chi connectivity index (χ2v) is 5.88. The lowest BCUT2D eigenvalue weighted by Crippen LogP contribution is -2.32. The Kier molecular flexibility index (Phi) is 5.35. The number of terminal acetylenes is 1. The van der Waals surface area contributed by atoms with Gasteiger partial charge in [-0.3, -0.25) is 0 Å². The second kappa shape index (κ2) is 6.55. The van der Waals surface area contributed by atoms with Crippen LogP contribution in [0.5, 0.6) is 0 Å². The molecule has 0 radical (unpaired) electrons. The third kappa shape index (κ3) is 3.84. The first-order valence-corrected chi connectivity index (χ1v) is 7.33. The average Bonchev–Trinajstić information content (AvgIpc) is 2.35. The fourth-order valence-corrected chi connectivity index (χ4v) is 3.10. The minimum absolute atomic E-state index is 0.0453. The van der Waals surface area contributed by atoms with Gasteiger partial charge in [-0.1, -0.05) is 37.1 Å². The quantitative estimate of drug-likeness (QED) is 0.779. The van der Waals surface area contributed by atoms with Gasteiger partial charge in [-0.05, 0) is 11.1 Å². The molecule has 0 aliphatic heterocycles. The highest BCUT2D eigenvalue weighted by Crippen LogP contribution is 2.12. The maximum Gasteiger partial charge on any atom is 0.219 e. The Labute approximate surface area is 109 Å². The van der Waals surface area contributed by atoms with Crippen LogP contribution in [-0.4, -0.2) is 25.8 Å². The summed E-state index contributed by atoms with van der Waals surface area (Å²) < 4.78 is 25.5. The molecule has 0 heterocycles. The van der Waals surface area contributed by atoms with E-state index in [0.717, 1.165) is 11.1 Å². The predicted molar refractivity (Wildman–Crippen MR) is 73.0 cm³/mol. The first-order valence-electron chi connectivity index (χ1n) is 5.72. The van der Waals surface area contributed by atoms with E-state index in [1.54, 1.807) is 19.1 Å². The molecule has 4 nitrogen and oxygen atoms in total. The molecule has 0 aliphatic rings. The smallest absolute Gasteiger partial charge is 0.219 e. The highest BCUT2D eigenvalue weighted by atomic mass is 32.2. The molecular formula is C13H18N2O2S. The SMILES string of the molecule is C#CCN(CC)S(=O)(=O)Cc1cccc(CN)c1. The van der Waals surface area contributed by atoms with Crippen molar-refractivity contribution in [1.82, 2.24) is 4.31 Å². The van der Waals surface area contributed by atoms with Crippen LogP contribution < -0.4 is 5.73 Å². The molecular weight excluding hydrogens is 248 g/mol. The molecule has 0 bridgehead atoms. The molecule has 5 heteroatoms. The van der Waals surface area contributed by atoms with Gasteiger partial charge in [0.25, 0.3) is 0 Å². The second-order valence-electron chi connectivity index (χ2n) is 3.91. The van der Waals surface area contributed by atoms with Crippen LogP contribution in [0, 0.1) is 12.3 Å². The van der Waals surface area contributed by atoms with Crippen molar-refractivity contribution in [3.63, 3.8) is 0 Å². The van der Waals surface area contributed by atoms with Crippen molar-refractivity contribution in [2.75, 3.05) is 13.1 Å². The molecule has 0 amide bonds. The molecule has 1 aromatic carbocycles. The minimum atomic E-state index is -3.36. The number of hydrogen-bond donors (Lipinski definition) is 1. The summed E-state index contributed by atoms with van der Waals surface area (Å²) >= 11 is 0. The van der Waals surface area contributed by atoms with Crippen molar-refractivity contribution in [2.45, 2.75) is 19.2 Å². The van der Waals surface area contributed by atoms with Crippen LogP contribution in [0.15, 0.2) is 24.3 Å². The normalized spacial score (nSPS) is 11.4. The Hall–Kier alpha value is -1.35. The van der Waals surface area contributed by atoms with Crippen molar-refractivity contribution in [3.8, 4) is 12.3 Å². The summed E-state index contributed by atoms with van der Waals surface area (Å²) in [6.45, 7) is 2.65. The van der Waals surface area contributed by atoms with Gasteiger partial charge in [0.05, 0.1) is 12.3 Å². The monoisotopic (exact) mass is 266 g/mol. The molecule has 18 heavy (non-hydrogen) atoms. The number of nitrogens with zero attached hydrogens (tertiary/aromatic N) is 1. The minimum Gasteiger partial charge on any atom is -0.326 e. The Morgan fingerprint density at radius 3 is 2.61 bits per heavy atom. The lowest BCUT2D eigenvalue weighted by atomic mass is 10.1. The van der Waals surface area contributed by atoms with Gasteiger partial charge in [-0.2, -0.15) is 4.31 Å². The summed E-state index contributed by atoms with van der Waals surface area (Å²) in [6.07, 6.45) is 5.17. The van der Waals surface area contributed by atoms with Gasteiger partial charge in [0.2, 0.25) is 10.0 Å². The number of hydrogen-bond acceptors (Lipinski definition) is 3. The predicted octanol–water partition coefficient (Wildman–Crippen LogP) is 0.930. The van der Waals surface area contributed by atoms with Gasteiger partial charge in [-0.15, -0.1) is 6.42 Å². The van der Waals surface area contributed by atoms with Gasteiger partial charge in [0.1, 0.15) is 0 Å². The van der Waals surface area contributed by atoms with Gasteiger partial charge in [-0.25, -0.2) is 8.42 Å². The fourth-order valence-electron chi connectivity index (χ4n) is 1.66. The van der Waals surface area contributed by atoms with E-state index in [2.05, 4.69) is 5.92 Å². The van der Waals surface area contributed by atoms with E-state index in [0.29, 0.717) is 13.1 Å². The van der Waals surface area contributed by atoms with Crippen LogP contribution in [-0.2, 0) is 22.3 Å². The molecule has 98 valence electrons. The van der Waals surface area contributed by atoms with E-state index < -0.39 is 10.0 Å². The van der Waals surface area contributed by atoms with Crippen LogP contribution in [0.25, 0.3) is 0 Å². The molecule has 1 rings (SSSR count). The maximum absolute atomic E-state index is 12.1. The lowest BCUT2D eigenvalue weighted by molar-refractivity contribution is 0.463. The topological polar surface area (TPSA) is 63.4 Å². The van der Waals surface area contributed by atoms with Crippen LogP contribution in [0.3, 0.4) is 0 Å². The number of nitrogens with two attached hydrogens (primary N) is 1. The van der Waals surface area contributed by atoms with E-state index in [1.807, 2.05) is 12.1 Å². The Morgan fingerprint density at radius 1 is 1.39 bits per heavy atom. The third-order valence-electron chi connectivity index (χ3n) is 2.59. The zero-order valence-corrected chi connectivity index (χ0v) is 11.3. The largest absolute Gasteiger partial charge is 0.326 e. The van der Waals surface area contributed by atoms with Crippen LogP contribution in [0.2, 0.25) is 0 Å². The molecule has 0 unspecified atom stereocenters. The number of rotatable bonds is 6. The van der Waals surface area contributed by atoms with Crippen LogP contribution in [0.1, 0.15) is 18.1 Å². The highest BCUT2D eigenvalue weighted by molar-refractivity contribution is 7.88. The van der Waals surface area contributed by atoms with Crippen molar-refractivity contribution in [2.24, 2.45) is 5.73 Å². The van der Waals surface area contributed by atoms with E-state index in [-0.39, 0.29) is 12.3 Å². The maximum atomic E-state index is 12.1. The van der Waals surface area contributed by atoms with Crippen molar-refractivity contribution < 1.29 is 8.42 Å². The Morgan fingerprint density at radius 2 is 2.06 bits per heavy atom. The van der Waals surface area contributed by atoms with Gasteiger partial charge >= 0.3 is 0 Å². The average molecular weight is 266 g/mol. The number of benzene rings is 1. The molecule has 0 saturated heterocycles. The summed E-state index contributed by atoms with van der Waals surface area (Å²) in [5, 5.41) is 0. The standard InChI is InChI=1S/C13H18N2O2S/c1-3-8-15(4-2)18(16,17)11-13-7-5-6-12(9-13)10-14/h1,5-7,9H,4,8,10-11,14H2,2H3. The Bertz CT molecular complexity index is 532. The van der Waals surface area contributed by atoms with Crippen LogP contribution >= 0.6 is 0 Å². The van der Waals surface area contributed by atoms with Crippen molar-refractivity contribution in [1.29, 1.82) is 0 Å². The zero-order valence-electron chi connectivity index (χ0n) is 10.5. The lowest BCUT2D eigenvalue weighted by Gasteiger charge is -2.17. The molecule has 0 aliphatic carbocycles. The fraction of sp³-hybridized carbons (Fsp3) is 0.385. The highest BCUT2D eigenvalue weighted by Gasteiger charge is 2.19. The zero-order chi connectivity index (χ0) is 13.6. The molecule has 0 spiro atoms. The molecule has 0 fully saturated rings. The van der Waals surface area contributed by atoms with E-state index >= 15 is 0 Å². The molecule has 1 aromatic rings. The van der Waals surface area contributed by atoms with Crippen molar-refractivity contribution in [3.05, 3.63) is 35.4 Å². The molecule has 2 N–H and O–H groups in total.